The molecule has 1 aromatic rings. The maximum atomic E-state index is 11.0. The molecule has 0 bridgehead atoms. The third-order valence-corrected chi connectivity index (χ3v) is 1.78. The van der Waals surface area contributed by atoms with Gasteiger partial charge in [0.25, 0.3) is 0 Å². The summed E-state index contributed by atoms with van der Waals surface area (Å²) in [6, 6.07) is 1.85. The molecule has 0 aliphatic heterocycles. The van der Waals surface area contributed by atoms with Crippen LogP contribution in [0.2, 0.25) is 0 Å². The van der Waals surface area contributed by atoms with Crippen LogP contribution in [0, 0.1) is 0 Å². The maximum Gasteiger partial charge on any atom is 0.413 e. The van der Waals surface area contributed by atoms with Crippen LogP contribution in [-0.2, 0) is 11.8 Å². The van der Waals surface area contributed by atoms with Crippen LogP contribution < -0.4 is 10.6 Å². The predicted molar refractivity (Wildman–Crippen MR) is 61.8 cm³/mol. The van der Waals surface area contributed by atoms with Gasteiger partial charge in [0.15, 0.2) is 5.11 Å². The lowest BCUT2D eigenvalue weighted by Crippen LogP contribution is -2.34. The molecule has 15 heavy (non-hydrogen) atoms. The Kier molecular flexibility index (Phi) is 4.11. The molecule has 1 aromatic heterocycles. The van der Waals surface area contributed by atoms with Crippen molar-refractivity contribution < 1.29 is 9.53 Å². The zero-order chi connectivity index (χ0) is 11.3. The van der Waals surface area contributed by atoms with E-state index in [9.17, 15) is 4.79 Å². The highest BCUT2D eigenvalue weighted by Gasteiger charge is 2.04. The van der Waals surface area contributed by atoms with Crippen LogP contribution in [0.4, 0.5) is 10.5 Å². The van der Waals surface area contributed by atoms with Gasteiger partial charge in [-0.3, -0.25) is 5.32 Å². The Labute approximate surface area is 93.4 Å². The number of nitrogens with zero attached hydrogens (tertiary/aromatic N) is 1. The number of hydrogen-bond donors (Lipinski definition) is 2. The molecule has 1 rings (SSSR count). The van der Waals surface area contributed by atoms with Crippen molar-refractivity contribution in [2.75, 3.05) is 11.9 Å². The molecule has 0 atom stereocenters. The standard InChI is InChI=1S/C9H13N3O2S/c1-3-14-9(13)11-8(15)10-7-4-5-12(2)6-7/h4-6H,3H2,1-2H3,(H2,10,11,13,15). The fraction of sp³-hybridized carbons (Fsp3) is 0.333. The van der Waals surface area contributed by atoms with E-state index in [2.05, 4.69) is 15.4 Å². The number of aryl methyl sites for hydroxylation is 1. The monoisotopic (exact) mass is 227 g/mol. The van der Waals surface area contributed by atoms with Crippen molar-refractivity contribution in [1.29, 1.82) is 0 Å². The normalized spacial score (nSPS) is 9.47. The number of alkyl carbamates (subject to hydrolysis) is 1. The Hall–Kier alpha value is -1.56. The summed E-state index contributed by atoms with van der Waals surface area (Å²) in [5.41, 5.74) is 0.819. The second kappa shape index (κ2) is 5.35. The first-order valence-corrected chi connectivity index (χ1v) is 4.89. The summed E-state index contributed by atoms with van der Waals surface area (Å²) >= 11 is 4.90. The molecule has 0 aliphatic rings. The van der Waals surface area contributed by atoms with Crippen molar-refractivity contribution >= 4 is 29.1 Å². The molecule has 5 nitrogen and oxygen atoms in total. The summed E-state index contributed by atoms with van der Waals surface area (Å²) in [6.45, 7) is 2.05. The quantitative estimate of drug-likeness (QED) is 0.751. The average molecular weight is 227 g/mol. The maximum absolute atomic E-state index is 11.0. The molecule has 0 aromatic carbocycles. The van der Waals surface area contributed by atoms with Gasteiger partial charge in [-0.2, -0.15) is 0 Å². The summed E-state index contributed by atoms with van der Waals surface area (Å²) in [5, 5.41) is 5.46. The number of amides is 1. The number of carbonyl (C=O) groups is 1. The van der Waals surface area contributed by atoms with E-state index in [0.717, 1.165) is 5.69 Å². The van der Waals surface area contributed by atoms with Gasteiger partial charge in [0.1, 0.15) is 0 Å². The molecule has 2 N–H and O–H groups in total. The van der Waals surface area contributed by atoms with Gasteiger partial charge in [0.05, 0.1) is 12.3 Å². The van der Waals surface area contributed by atoms with Gasteiger partial charge >= 0.3 is 6.09 Å². The molecular weight excluding hydrogens is 214 g/mol. The summed E-state index contributed by atoms with van der Waals surface area (Å²) in [7, 11) is 1.90. The lowest BCUT2D eigenvalue weighted by Gasteiger charge is -2.07. The molecule has 0 radical (unpaired) electrons. The zero-order valence-electron chi connectivity index (χ0n) is 8.61. The number of hydrogen-bond acceptors (Lipinski definition) is 3. The summed E-state index contributed by atoms with van der Waals surface area (Å²) in [5.74, 6) is 0. The minimum Gasteiger partial charge on any atom is -0.450 e. The smallest absolute Gasteiger partial charge is 0.413 e. The Morgan fingerprint density at radius 1 is 1.67 bits per heavy atom. The molecule has 0 spiro atoms. The molecule has 0 aliphatic carbocycles. The largest absolute Gasteiger partial charge is 0.450 e. The number of nitrogens with one attached hydrogen (secondary N) is 2. The van der Waals surface area contributed by atoms with Crippen molar-refractivity contribution in [3.05, 3.63) is 18.5 Å². The minimum atomic E-state index is -0.550. The van der Waals surface area contributed by atoms with E-state index in [1.165, 1.54) is 0 Å². The van der Waals surface area contributed by atoms with Gasteiger partial charge in [0, 0.05) is 19.4 Å². The Balaban J connectivity index is 2.39. The lowest BCUT2D eigenvalue weighted by molar-refractivity contribution is 0.158. The van der Waals surface area contributed by atoms with Gasteiger partial charge in [-0.25, -0.2) is 4.79 Å². The van der Waals surface area contributed by atoms with Crippen LogP contribution in [0.5, 0.6) is 0 Å². The molecule has 0 saturated carbocycles. The minimum absolute atomic E-state index is 0.222. The van der Waals surface area contributed by atoms with Crippen LogP contribution in [0.1, 0.15) is 6.92 Å². The highest BCUT2D eigenvalue weighted by Crippen LogP contribution is 2.05. The number of aromatic nitrogens is 1. The van der Waals surface area contributed by atoms with Crippen LogP contribution in [-0.4, -0.2) is 22.4 Å². The van der Waals surface area contributed by atoms with E-state index in [1.807, 2.05) is 30.1 Å². The average Bonchev–Trinajstić information content (AvgIpc) is 2.51. The predicted octanol–water partition coefficient (Wildman–Crippen LogP) is 1.47. The van der Waals surface area contributed by atoms with Crippen LogP contribution in [0.15, 0.2) is 18.5 Å². The second-order valence-electron chi connectivity index (χ2n) is 2.87. The molecular formula is C9H13N3O2S. The Morgan fingerprint density at radius 2 is 2.40 bits per heavy atom. The first-order valence-electron chi connectivity index (χ1n) is 4.48. The van der Waals surface area contributed by atoms with E-state index >= 15 is 0 Å². The van der Waals surface area contributed by atoms with E-state index < -0.39 is 6.09 Å². The number of anilines is 1. The summed E-state index contributed by atoms with van der Waals surface area (Å²) in [4.78, 5) is 11.0. The highest BCUT2D eigenvalue weighted by molar-refractivity contribution is 7.80. The molecule has 0 unspecified atom stereocenters. The third kappa shape index (κ3) is 3.99. The van der Waals surface area contributed by atoms with Gasteiger partial charge < -0.3 is 14.6 Å². The van der Waals surface area contributed by atoms with Gasteiger partial charge in [-0.1, -0.05) is 0 Å². The Bertz CT molecular complexity index is 362. The lowest BCUT2D eigenvalue weighted by atomic mass is 10.5. The first kappa shape index (κ1) is 11.5. The second-order valence-corrected chi connectivity index (χ2v) is 3.27. The fourth-order valence-corrected chi connectivity index (χ4v) is 1.20. The first-order chi connectivity index (χ1) is 7.11. The highest BCUT2D eigenvalue weighted by atomic mass is 32.1. The number of rotatable bonds is 2. The number of ether oxygens (including phenoxy) is 1. The fourth-order valence-electron chi connectivity index (χ4n) is 0.999. The molecule has 1 heterocycles. The van der Waals surface area contributed by atoms with Gasteiger partial charge in [-0.05, 0) is 25.2 Å². The Morgan fingerprint density at radius 3 is 2.93 bits per heavy atom. The SMILES string of the molecule is CCOC(=O)NC(=S)Nc1ccn(C)c1. The van der Waals surface area contributed by atoms with Crippen molar-refractivity contribution in [2.45, 2.75) is 6.92 Å². The van der Waals surface area contributed by atoms with E-state index in [1.54, 1.807) is 6.92 Å². The third-order valence-electron chi connectivity index (χ3n) is 1.58. The van der Waals surface area contributed by atoms with Gasteiger partial charge in [-0.15, -0.1) is 0 Å². The summed E-state index contributed by atoms with van der Waals surface area (Å²) in [6.07, 6.45) is 3.17. The van der Waals surface area contributed by atoms with Crippen LogP contribution >= 0.6 is 12.2 Å². The van der Waals surface area contributed by atoms with E-state index in [-0.39, 0.29) is 5.11 Å². The van der Waals surface area contributed by atoms with Crippen molar-refractivity contribution in [3.63, 3.8) is 0 Å². The molecule has 6 heteroatoms. The molecule has 0 fully saturated rings. The molecule has 1 amide bonds. The van der Waals surface area contributed by atoms with Crippen molar-refractivity contribution in [3.8, 4) is 0 Å². The van der Waals surface area contributed by atoms with E-state index in [4.69, 9.17) is 12.2 Å². The summed E-state index contributed by atoms with van der Waals surface area (Å²) < 4.78 is 6.54. The van der Waals surface area contributed by atoms with Crippen LogP contribution in [0.25, 0.3) is 0 Å². The van der Waals surface area contributed by atoms with Crippen molar-refractivity contribution in [1.82, 2.24) is 9.88 Å². The van der Waals surface area contributed by atoms with Crippen molar-refractivity contribution in [2.24, 2.45) is 7.05 Å². The van der Waals surface area contributed by atoms with Crippen LogP contribution in [0.3, 0.4) is 0 Å². The number of carbonyl (C=O) groups excluding carboxylic acids is 1. The molecule has 0 saturated heterocycles. The molecule has 82 valence electrons. The zero-order valence-corrected chi connectivity index (χ0v) is 9.43. The topological polar surface area (TPSA) is 55.3 Å². The number of thiocarbonyl (C=S) groups is 1. The van der Waals surface area contributed by atoms with E-state index in [0.29, 0.717) is 6.61 Å². The van der Waals surface area contributed by atoms with Gasteiger partial charge in [0.2, 0.25) is 0 Å².